The lowest BCUT2D eigenvalue weighted by Crippen LogP contribution is -2.30. The van der Waals surface area contributed by atoms with E-state index in [1.165, 1.54) is 51.4 Å². The number of esters is 3. The Morgan fingerprint density at radius 2 is 0.635 bits per heavy atom. The Morgan fingerprint density at radius 3 is 1.03 bits per heavy atom. The summed E-state index contributed by atoms with van der Waals surface area (Å²) in [5.41, 5.74) is 0. The third-order valence-corrected chi connectivity index (χ3v) is 10.3. The summed E-state index contributed by atoms with van der Waals surface area (Å²) in [6, 6.07) is 0. The Balaban J connectivity index is 4.53. The molecule has 0 saturated carbocycles. The zero-order valence-corrected chi connectivity index (χ0v) is 40.5. The second-order valence-corrected chi connectivity index (χ2v) is 16.3. The van der Waals surface area contributed by atoms with Gasteiger partial charge in [0.05, 0.1) is 0 Å². The van der Waals surface area contributed by atoms with Gasteiger partial charge in [-0.05, 0) is 96.3 Å². The van der Waals surface area contributed by atoms with Crippen molar-refractivity contribution in [2.75, 3.05) is 13.2 Å². The molecule has 0 aromatic heterocycles. The average Bonchev–Trinajstić information content (AvgIpc) is 3.28. The minimum Gasteiger partial charge on any atom is -0.462 e. The van der Waals surface area contributed by atoms with E-state index < -0.39 is 6.10 Å². The van der Waals surface area contributed by atoms with E-state index in [1.54, 1.807) is 0 Å². The van der Waals surface area contributed by atoms with Gasteiger partial charge in [-0.25, -0.2) is 0 Å². The number of rotatable bonds is 44. The molecular formula is C57H92O6. The maximum Gasteiger partial charge on any atom is 0.306 e. The topological polar surface area (TPSA) is 78.9 Å². The molecule has 356 valence electrons. The van der Waals surface area contributed by atoms with Crippen LogP contribution in [0, 0.1) is 0 Å². The zero-order chi connectivity index (χ0) is 45.8. The first-order valence-electron chi connectivity index (χ1n) is 25.4. The van der Waals surface area contributed by atoms with Gasteiger partial charge in [0.2, 0.25) is 0 Å². The van der Waals surface area contributed by atoms with Crippen LogP contribution >= 0.6 is 0 Å². The highest BCUT2D eigenvalue weighted by atomic mass is 16.6. The second-order valence-electron chi connectivity index (χ2n) is 16.3. The van der Waals surface area contributed by atoms with Crippen LogP contribution < -0.4 is 0 Å². The lowest BCUT2D eigenvalue weighted by molar-refractivity contribution is -0.167. The fourth-order valence-corrected chi connectivity index (χ4v) is 6.53. The molecule has 0 aromatic rings. The molecule has 0 spiro atoms. The third-order valence-electron chi connectivity index (χ3n) is 10.3. The SMILES string of the molecule is CC/C=C\C/C=C\C/C=C\C/C=C\C/C=C\CCCC(=O)OC[C@H](COC(=O)CCCCCCCCCCCCC)OC(=O)CCCCCC/C=C\C/C=C\C/C=C\C/C=C\CC. The summed E-state index contributed by atoms with van der Waals surface area (Å²) < 4.78 is 16.7. The monoisotopic (exact) mass is 873 g/mol. The minimum absolute atomic E-state index is 0.106. The predicted octanol–water partition coefficient (Wildman–Crippen LogP) is 16.8. The molecule has 0 N–H and O–H groups in total. The van der Waals surface area contributed by atoms with Crippen LogP contribution in [0.1, 0.15) is 213 Å². The molecule has 1 atom stereocenters. The van der Waals surface area contributed by atoms with E-state index in [1.807, 2.05) is 0 Å². The number of carbonyl (C=O) groups is 3. The minimum atomic E-state index is -0.813. The van der Waals surface area contributed by atoms with Crippen molar-refractivity contribution in [3.8, 4) is 0 Å². The smallest absolute Gasteiger partial charge is 0.306 e. The number of hydrogen-bond donors (Lipinski definition) is 0. The summed E-state index contributed by atoms with van der Waals surface area (Å²) in [4.78, 5) is 37.9. The van der Waals surface area contributed by atoms with Crippen LogP contribution in [-0.2, 0) is 28.6 Å². The largest absolute Gasteiger partial charge is 0.462 e. The fraction of sp³-hybridized carbons (Fsp3) is 0.632. The fourth-order valence-electron chi connectivity index (χ4n) is 6.53. The van der Waals surface area contributed by atoms with E-state index in [9.17, 15) is 14.4 Å². The van der Waals surface area contributed by atoms with Gasteiger partial charge in [0.1, 0.15) is 13.2 Å². The molecule has 6 heteroatoms. The van der Waals surface area contributed by atoms with Gasteiger partial charge in [0, 0.05) is 19.3 Å². The van der Waals surface area contributed by atoms with Crippen LogP contribution in [0.4, 0.5) is 0 Å². The molecule has 6 nitrogen and oxygen atoms in total. The van der Waals surface area contributed by atoms with Crippen LogP contribution in [-0.4, -0.2) is 37.2 Å². The number of hydrogen-bond acceptors (Lipinski definition) is 6. The molecule has 0 bridgehead atoms. The molecule has 0 amide bonds. The molecule has 0 heterocycles. The number of carbonyl (C=O) groups excluding carboxylic acids is 3. The van der Waals surface area contributed by atoms with E-state index in [2.05, 4.69) is 130 Å². The van der Waals surface area contributed by atoms with E-state index in [0.29, 0.717) is 12.8 Å². The van der Waals surface area contributed by atoms with Crippen LogP contribution in [0.2, 0.25) is 0 Å². The normalized spacial score (nSPS) is 13.0. The highest BCUT2D eigenvalue weighted by Gasteiger charge is 2.19. The molecule has 0 aliphatic carbocycles. The van der Waals surface area contributed by atoms with Crippen LogP contribution in [0.3, 0.4) is 0 Å². The maximum atomic E-state index is 12.8. The lowest BCUT2D eigenvalue weighted by atomic mass is 10.1. The first-order chi connectivity index (χ1) is 31.0. The highest BCUT2D eigenvalue weighted by molar-refractivity contribution is 5.71. The standard InChI is InChI=1S/C57H92O6/c1-4-7-10-13-16-19-22-24-26-28-30-32-35-38-41-44-47-50-56(59)62-53-54(52-61-55(58)49-46-43-40-37-34-21-18-15-12-9-6-3)63-57(60)51-48-45-42-39-36-33-31-29-27-25-23-20-17-14-11-8-5-2/h7-8,10-11,16-17,19-20,24-27,30-33,38,41,54H,4-6,9,12-15,18,21-23,28-29,34-37,39-40,42-53H2,1-3H3/b10-7-,11-8-,19-16-,20-17-,26-24-,27-25-,32-30-,33-31-,41-38-/t54-/m0/s1. The second kappa shape index (κ2) is 50.7. The van der Waals surface area contributed by atoms with Crippen molar-refractivity contribution in [3.63, 3.8) is 0 Å². The Bertz CT molecular complexity index is 1330. The van der Waals surface area contributed by atoms with E-state index >= 15 is 0 Å². The Morgan fingerprint density at radius 1 is 0.333 bits per heavy atom. The van der Waals surface area contributed by atoms with Gasteiger partial charge in [-0.2, -0.15) is 0 Å². The van der Waals surface area contributed by atoms with Crippen LogP contribution in [0.5, 0.6) is 0 Å². The summed E-state index contributed by atoms with van der Waals surface area (Å²) in [5.74, 6) is -0.998. The van der Waals surface area contributed by atoms with E-state index in [0.717, 1.165) is 116 Å². The Hall–Kier alpha value is -3.93. The molecule has 0 unspecified atom stereocenters. The van der Waals surface area contributed by atoms with Gasteiger partial charge in [-0.1, -0.05) is 207 Å². The van der Waals surface area contributed by atoms with Gasteiger partial charge in [0.25, 0.3) is 0 Å². The van der Waals surface area contributed by atoms with Crippen molar-refractivity contribution in [3.05, 3.63) is 109 Å². The average molecular weight is 873 g/mol. The van der Waals surface area contributed by atoms with E-state index in [-0.39, 0.29) is 44.0 Å². The molecule has 63 heavy (non-hydrogen) atoms. The number of unbranched alkanes of at least 4 members (excludes halogenated alkanes) is 15. The van der Waals surface area contributed by atoms with Crippen LogP contribution in [0.15, 0.2) is 109 Å². The van der Waals surface area contributed by atoms with Crippen molar-refractivity contribution < 1.29 is 28.6 Å². The van der Waals surface area contributed by atoms with Crippen molar-refractivity contribution in [1.82, 2.24) is 0 Å². The molecule has 0 saturated heterocycles. The first kappa shape index (κ1) is 59.1. The van der Waals surface area contributed by atoms with Gasteiger partial charge in [-0.15, -0.1) is 0 Å². The maximum absolute atomic E-state index is 12.8. The number of allylic oxidation sites excluding steroid dienone is 18. The molecule has 0 aliphatic rings. The zero-order valence-electron chi connectivity index (χ0n) is 40.5. The van der Waals surface area contributed by atoms with Crippen molar-refractivity contribution in [1.29, 1.82) is 0 Å². The summed E-state index contributed by atoms with van der Waals surface area (Å²) in [6.07, 6.45) is 67.9. The predicted molar refractivity (Wildman–Crippen MR) is 270 cm³/mol. The number of ether oxygens (including phenoxy) is 3. The van der Waals surface area contributed by atoms with Crippen molar-refractivity contribution in [2.24, 2.45) is 0 Å². The summed E-state index contributed by atoms with van der Waals surface area (Å²) in [5, 5.41) is 0. The molecule has 0 aromatic carbocycles. The summed E-state index contributed by atoms with van der Waals surface area (Å²) in [6.45, 7) is 6.32. The Kier molecular flexibility index (Phi) is 47.5. The summed E-state index contributed by atoms with van der Waals surface area (Å²) >= 11 is 0. The van der Waals surface area contributed by atoms with Gasteiger partial charge < -0.3 is 14.2 Å². The molecule has 0 aliphatic heterocycles. The molecule has 0 radical (unpaired) electrons. The highest BCUT2D eigenvalue weighted by Crippen LogP contribution is 2.13. The molecule has 0 fully saturated rings. The Labute approximate surface area is 387 Å². The van der Waals surface area contributed by atoms with E-state index in [4.69, 9.17) is 14.2 Å². The van der Waals surface area contributed by atoms with Gasteiger partial charge in [-0.3, -0.25) is 14.4 Å². The van der Waals surface area contributed by atoms with Crippen molar-refractivity contribution >= 4 is 17.9 Å². The third kappa shape index (κ3) is 49.0. The van der Waals surface area contributed by atoms with Gasteiger partial charge in [0.15, 0.2) is 6.10 Å². The molecule has 0 rings (SSSR count). The van der Waals surface area contributed by atoms with Gasteiger partial charge >= 0.3 is 17.9 Å². The quantitative estimate of drug-likeness (QED) is 0.0263. The first-order valence-corrected chi connectivity index (χ1v) is 25.4. The lowest BCUT2D eigenvalue weighted by Gasteiger charge is -2.18. The molecular weight excluding hydrogens is 781 g/mol. The van der Waals surface area contributed by atoms with Crippen LogP contribution in [0.25, 0.3) is 0 Å². The van der Waals surface area contributed by atoms with Crippen molar-refractivity contribution in [2.45, 2.75) is 219 Å². The summed E-state index contributed by atoms with van der Waals surface area (Å²) in [7, 11) is 0.